The molecule has 0 unspecified atom stereocenters. The van der Waals surface area contributed by atoms with Gasteiger partial charge in [0.25, 0.3) is 0 Å². The topological polar surface area (TPSA) is 25.0 Å². The molecule has 0 aliphatic heterocycles. The Morgan fingerprint density at radius 3 is 2.93 bits per heavy atom. The van der Waals surface area contributed by atoms with Gasteiger partial charge in [-0.2, -0.15) is 0 Å². The molecule has 1 aromatic carbocycles. The van der Waals surface area contributed by atoms with E-state index in [1.165, 1.54) is 6.07 Å². The fourth-order valence-corrected chi connectivity index (χ4v) is 1.70. The van der Waals surface area contributed by atoms with Crippen molar-refractivity contribution in [3.05, 3.63) is 35.3 Å². The summed E-state index contributed by atoms with van der Waals surface area (Å²) in [7, 11) is 1.64. The molecule has 0 bridgehead atoms. The smallest absolute Gasteiger partial charge is 0.147 e. The van der Waals surface area contributed by atoms with E-state index in [0.717, 1.165) is 16.6 Å². The second-order valence-corrected chi connectivity index (χ2v) is 3.32. The van der Waals surface area contributed by atoms with Crippen LogP contribution in [0.3, 0.4) is 0 Å². The van der Waals surface area contributed by atoms with E-state index in [2.05, 4.69) is 4.98 Å². The zero-order chi connectivity index (χ0) is 10.1. The van der Waals surface area contributed by atoms with Gasteiger partial charge >= 0.3 is 0 Å². The normalized spacial score (nSPS) is 11.1. The highest BCUT2D eigenvalue weighted by molar-refractivity contribution is 5.84. The molecule has 0 aliphatic carbocycles. The summed E-state index contributed by atoms with van der Waals surface area (Å²) >= 11 is 0. The van der Waals surface area contributed by atoms with Crippen molar-refractivity contribution in [3.8, 4) is 0 Å². The second kappa shape index (κ2) is 3.42. The Hall–Kier alpha value is -1.35. The predicted octanol–water partition coefficient (Wildman–Crippen LogP) is 2.76. The molecule has 2 rings (SSSR count). The summed E-state index contributed by atoms with van der Waals surface area (Å²) in [6.45, 7) is 2.43. The molecule has 0 aliphatic rings. The number of H-pyrrole nitrogens is 1. The van der Waals surface area contributed by atoms with Crippen molar-refractivity contribution < 1.29 is 9.13 Å². The number of hydrogen-bond donors (Lipinski definition) is 1. The molecular weight excluding hydrogens is 181 g/mol. The van der Waals surface area contributed by atoms with Crippen LogP contribution in [0.5, 0.6) is 0 Å². The van der Waals surface area contributed by atoms with Gasteiger partial charge in [-0.1, -0.05) is 12.1 Å². The van der Waals surface area contributed by atoms with Crippen molar-refractivity contribution in [1.82, 2.24) is 4.98 Å². The van der Waals surface area contributed by atoms with Crippen LogP contribution in [0.25, 0.3) is 10.9 Å². The molecule has 14 heavy (non-hydrogen) atoms. The maximum atomic E-state index is 13.3. The maximum absolute atomic E-state index is 13.3. The average molecular weight is 193 g/mol. The van der Waals surface area contributed by atoms with Gasteiger partial charge in [0, 0.05) is 23.8 Å². The zero-order valence-corrected chi connectivity index (χ0v) is 8.23. The highest BCUT2D eigenvalue weighted by Crippen LogP contribution is 2.24. The largest absolute Gasteiger partial charge is 0.380 e. The third-order valence-corrected chi connectivity index (χ3v) is 2.39. The van der Waals surface area contributed by atoms with Gasteiger partial charge in [-0.15, -0.1) is 0 Å². The Morgan fingerprint density at radius 1 is 1.43 bits per heavy atom. The summed E-state index contributed by atoms with van der Waals surface area (Å²) < 4.78 is 18.4. The number of aromatic amines is 1. The highest BCUT2D eigenvalue weighted by atomic mass is 19.1. The first-order valence-corrected chi connectivity index (χ1v) is 4.48. The van der Waals surface area contributed by atoms with E-state index in [0.29, 0.717) is 12.1 Å². The minimum Gasteiger partial charge on any atom is -0.380 e. The Labute approximate surface area is 81.7 Å². The molecular formula is C11H12FNO. The molecule has 0 saturated heterocycles. The number of nitrogens with one attached hydrogen (secondary N) is 1. The summed E-state index contributed by atoms with van der Waals surface area (Å²) in [5.41, 5.74) is 2.56. The maximum Gasteiger partial charge on any atom is 0.147 e. The Kier molecular flexibility index (Phi) is 2.25. The number of ether oxygens (including phenoxy) is 1. The highest BCUT2D eigenvalue weighted by Gasteiger charge is 2.10. The van der Waals surface area contributed by atoms with Crippen LogP contribution >= 0.6 is 0 Å². The Bertz CT molecular complexity index is 462. The first-order valence-electron chi connectivity index (χ1n) is 4.48. The van der Waals surface area contributed by atoms with Crippen molar-refractivity contribution in [2.75, 3.05) is 7.11 Å². The summed E-state index contributed by atoms with van der Waals surface area (Å²) in [6.07, 6.45) is 0. The quantitative estimate of drug-likeness (QED) is 0.779. The summed E-state index contributed by atoms with van der Waals surface area (Å²) in [5.74, 6) is -0.215. The number of fused-ring (bicyclic) bond motifs is 1. The summed E-state index contributed by atoms with van der Waals surface area (Å²) in [4.78, 5) is 3.03. The summed E-state index contributed by atoms with van der Waals surface area (Å²) in [5, 5.41) is 0.907. The van der Waals surface area contributed by atoms with Gasteiger partial charge in [-0.25, -0.2) is 4.39 Å². The van der Waals surface area contributed by atoms with Crippen LogP contribution in [0, 0.1) is 12.7 Å². The first kappa shape index (κ1) is 9.21. The van der Waals surface area contributed by atoms with Gasteiger partial charge in [0.15, 0.2) is 0 Å². The zero-order valence-electron chi connectivity index (χ0n) is 8.23. The third kappa shape index (κ3) is 1.30. The van der Waals surface area contributed by atoms with Gasteiger partial charge in [0.2, 0.25) is 0 Å². The third-order valence-electron chi connectivity index (χ3n) is 2.39. The van der Waals surface area contributed by atoms with Crippen molar-refractivity contribution >= 4 is 10.9 Å². The molecule has 1 N–H and O–H groups in total. The minimum absolute atomic E-state index is 0.215. The second-order valence-electron chi connectivity index (χ2n) is 3.32. The number of benzene rings is 1. The molecule has 1 heterocycles. The van der Waals surface area contributed by atoms with E-state index in [1.54, 1.807) is 13.2 Å². The average Bonchev–Trinajstić information content (AvgIpc) is 2.47. The minimum atomic E-state index is -0.215. The van der Waals surface area contributed by atoms with Gasteiger partial charge in [0.1, 0.15) is 5.82 Å². The fraction of sp³-hybridized carbons (Fsp3) is 0.273. The van der Waals surface area contributed by atoms with E-state index in [-0.39, 0.29) is 5.82 Å². The van der Waals surface area contributed by atoms with Crippen LogP contribution in [0.15, 0.2) is 18.2 Å². The number of aryl methyl sites for hydroxylation is 1. The molecule has 3 heteroatoms. The lowest BCUT2D eigenvalue weighted by Crippen LogP contribution is -1.88. The first-order chi connectivity index (χ1) is 6.74. The van der Waals surface area contributed by atoms with E-state index < -0.39 is 0 Å². The van der Waals surface area contributed by atoms with Crippen molar-refractivity contribution in [3.63, 3.8) is 0 Å². The van der Waals surface area contributed by atoms with Crippen LogP contribution in [0.1, 0.15) is 11.3 Å². The molecule has 2 nitrogen and oxygen atoms in total. The number of methoxy groups -OCH3 is 1. The van der Waals surface area contributed by atoms with Crippen LogP contribution in [-0.2, 0) is 11.3 Å². The molecule has 2 aromatic rings. The van der Waals surface area contributed by atoms with Gasteiger partial charge in [0.05, 0.1) is 12.1 Å². The van der Waals surface area contributed by atoms with Crippen LogP contribution in [0.2, 0.25) is 0 Å². The molecule has 1 aromatic heterocycles. The van der Waals surface area contributed by atoms with E-state index in [1.807, 2.05) is 13.0 Å². The molecule has 0 fully saturated rings. The van der Waals surface area contributed by atoms with Crippen molar-refractivity contribution in [2.24, 2.45) is 0 Å². The molecule has 0 spiro atoms. The molecule has 0 amide bonds. The van der Waals surface area contributed by atoms with Crippen LogP contribution < -0.4 is 0 Å². The van der Waals surface area contributed by atoms with Crippen LogP contribution in [0.4, 0.5) is 4.39 Å². The number of aromatic nitrogens is 1. The molecule has 0 atom stereocenters. The Balaban J connectivity index is 2.70. The standard InChI is InChI=1S/C11H12FNO/c1-7-9(6-14-2)8-4-3-5-10(12)11(8)13-7/h3-5,13H,6H2,1-2H3. The van der Waals surface area contributed by atoms with E-state index in [9.17, 15) is 4.39 Å². The fourth-order valence-electron chi connectivity index (χ4n) is 1.70. The number of halogens is 1. The number of rotatable bonds is 2. The monoisotopic (exact) mass is 193 g/mol. The lowest BCUT2D eigenvalue weighted by Gasteiger charge is -1.98. The van der Waals surface area contributed by atoms with Crippen LogP contribution in [-0.4, -0.2) is 12.1 Å². The van der Waals surface area contributed by atoms with Crippen molar-refractivity contribution in [1.29, 1.82) is 0 Å². The number of para-hydroxylation sites is 1. The van der Waals surface area contributed by atoms with Gasteiger partial charge < -0.3 is 9.72 Å². The van der Waals surface area contributed by atoms with Crippen molar-refractivity contribution in [2.45, 2.75) is 13.5 Å². The van der Waals surface area contributed by atoms with E-state index >= 15 is 0 Å². The molecule has 0 radical (unpaired) electrons. The lowest BCUT2D eigenvalue weighted by molar-refractivity contribution is 0.185. The lowest BCUT2D eigenvalue weighted by atomic mass is 10.1. The summed E-state index contributed by atoms with van der Waals surface area (Å²) in [6, 6.07) is 5.06. The molecule has 0 saturated carbocycles. The van der Waals surface area contributed by atoms with Gasteiger partial charge in [-0.05, 0) is 13.0 Å². The Morgan fingerprint density at radius 2 is 2.21 bits per heavy atom. The van der Waals surface area contributed by atoms with E-state index in [4.69, 9.17) is 4.74 Å². The predicted molar refractivity (Wildman–Crippen MR) is 53.7 cm³/mol. The molecule has 74 valence electrons. The number of hydrogen-bond acceptors (Lipinski definition) is 1. The SMILES string of the molecule is COCc1c(C)[nH]c2c(F)cccc12. The van der Waals surface area contributed by atoms with Gasteiger partial charge in [-0.3, -0.25) is 0 Å².